The number of phenolic OH excluding ortho intramolecular Hbond substituents is 1. The van der Waals surface area contributed by atoms with Crippen LogP contribution in [0.1, 0.15) is 11.1 Å². The molecule has 166 valence electrons. The molecule has 0 bridgehead atoms. The molecule has 33 heavy (non-hydrogen) atoms. The van der Waals surface area contributed by atoms with Gasteiger partial charge in [-0.3, -0.25) is 0 Å². The summed E-state index contributed by atoms with van der Waals surface area (Å²) in [6.07, 6.45) is 1.49. The van der Waals surface area contributed by atoms with Gasteiger partial charge in [0.15, 0.2) is 11.5 Å². The van der Waals surface area contributed by atoms with Crippen LogP contribution in [-0.4, -0.2) is 35.5 Å². The molecule has 0 radical (unpaired) electrons. The Labute approximate surface area is 192 Å². The van der Waals surface area contributed by atoms with Gasteiger partial charge in [0.25, 0.3) is 0 Å². The van der Waals surface area contributed by atoms with Gasteiger partial charge >= 0.3 is 0 Å². The van der Waals surface area contributed by atoms with E-state index >= 15 is 0 Å². The van der Waals surface area contributed by atoms with E-state index in [4.69, 9.17) is 9.47 Å². The van der Waals surface area contributed by atoms with Crippen molar-refractivity contribution in [2.24, 2.45) is 5.10 Å². The van der Waals surface area contributed by atoms with Crippen LogP contribution in [0.2, 0.25) is 0 Å². The van der Waals surface area contributed by atoms with Crippen molar-refractivity contribution in [3.05, 3.63) is 83.9 Å². The second kappa shape index (κ2) is 9.82. The lowest BCUT2D eigenvalue weighted by Crippen LogP contribution is -2.00. The summed E-state index contributed by atoms with van der Waals surface area (Å²) < 4.78 is 10.4. The molecule has 0 atom stereocenters. The third-order valence-electron chi connectivity index (χ3n) is 5.08. The smallest absolute Gasteiger partial charge is 0.244 e. The van der Waals surface area contributed by atoms with Crippen LogP contribution in [0.5, 0.6) is 17.2 Å². The molecule has 1 heterocycles. The first-order chi connectivity index (χ1) is 16.1. The number of anilines is 1. The monoisotopic (exact) mass is 440 g/mol. The SMILES string of the molecule is COc1ccc(-c2cc(-c3ccc(C)cc3)nc(N/N=C/c3cccc(OC)c3O)n2)cc1. The molecule has 0 aliphatic rings. The van der Waals surface area contributed by atoms with E-state index < -0.39 is 0 Å². The number of phenols is 1. The first kappa shape index (κ1) is 21.8. The van der Waals surface area contributed by atoms with Crippen LogP contribution >= 0.6 is 0 Å². The van der Waals surface area contributed by atoms with Crippen molar-refractivity contribution in [1.29, 1.82) is 0 Å². The number of nitrogens with zero attached hydrogens (tertiary/aromatic N) is 3. The lowest BCUT2D eigenvalue weighted by molar-refractivity contribution is 0.373. The molecule has 3 aromatic carbocycles. The summed E-state index contributed by atoms with van der Waals surface area (Å²) in [6.45, 7) is 2.04. The number of hydrogen-bond acceptors (Lipinski definition) is 7. The maximum absolute atomic E-state index is 10.3. The van der Waals surface area contributed by atoms with Crippen molar-refractivity contribution < 1.29 is 14.6 Å². The summed E-state index contributed by atoms with van der Waals surface area (Å²) in [6, 6.07) is 22.9. The van der Waals surface area contributed by atoms with Crippen LogP contribution in [0.15, 0.2) is 77.9 Å². The number of hydrazone groups is 1. The van der Waals surface area contributed by atoms with E-state index in [-0.39, 0.29) is 5.75 Å². The number of aryl methyl sites for hydroxylation is 1. The van der Waals surface area contributed by atoms with Gasteiger partial charge in [0.2, 0.25) is 5.95 Å². The van der Waals surface area contributed by atoms with E-state index in [0.29, 0.717) is 17.3 Å². The van der Waals surface area contributed by atoms with Gasteiger partial charge in [0.1, 0.15) is 5.75 Å². The highest BCUT2D eigenvalue weighted by Gasteiger charge is 2.10. The third kappa shape index (κ3) is 5.10. The van der Waals surface area contributed by atoms with Gasteiger partial charge in [-0.05, 0) is 49.4 Å². The van der Waals surface area contributed by atoms with Gasteiger partial charge in [-0.2, -0.15) is 5.10 Å². The summed E-state index contributed by atoms with van der Waals surface area (Å²) in [7, 11) is 3.13. The van der Waals surface area contributed by atoms with E-state index in [9.17, 15) is 5.11 Å². The quantitative estimate of drug-likeness (QED) is 0.300. The standard InChI is InChI=1S/C26H24N4O3/c1-17-7-9-18(10-8-17)22-15-23(19-11-13-21(32-2)14-12-19)29-26(28-22)30-27-16-20-5-4-6-24(33-3)25(20)31/h4-16,31H,1-3H3,(H,28,29,30)/b27-16+. The number of rotatable bonds is 7. The van der Waals surface area contributed by atoms with Gasteiger partial charge in [0, 0.05) is 16.7 Å². The average Bonchev–Trinajstić information content (AvgIpc) is 2.85. The Bertz CT molecular complexity index is 1270. The second-order valence-corrected chi connectivity index (χ2v) is 7.32. The van der Waals surface area contributed by atoms with Crippen LogP contribution < -0.4 is 14.9 Å². The van der Waals surface area contributed by atoms with Gasteiger partial charge in [-0.15, -0.1) is 0 Å². The third-order valence-corrected chi connectivity index (χ3v) is 5.08. The molecule has 7 nitrogen and oxygen atoms in total. The zero-order valence-corrected chi connectivity index (χ0v) is 18.6. The van der Waals surface area contributed by atoms with Gasteiger partial charge in [0.05, 0.1) is 31.8 Å². The number of aromatic hydroxyl groups is 1. The first-order valence-corrected chi connectivity index (χ1v) is 10.3. The van der Waals surface area contributed by atoms with Crippen molar-refractivity contribution in [2.45, 2.75) is 6.92 Å². The van der Waals surface area contributed by atoms with E-state index in [0.717, 1.165) is 28.3 Å². The highest BCUT2D eigenvalue weighted by molar-refractivity contribution is 5.85. The summed E-state index contributed by atoms with van der Waals surface area (Å²) in [4.78, 5) is 9.26. The molecule has 2 N–H and O–H groups in total. The molecule has 4 aromatic rings. The molecule has 0 fully saturated rings. The molecule has 0 saturated heterocycles. The average molecular weight is 441 g/mol. The van der Waals surface area contributed by atoms with Crippen LogP contribution in [0.3, 0.4) is 0 Å². The second-order valence-electron chi connectivity index (χ2n) is 7.32. The topological polar surface area (TPSA) is 88.9 Å². The minimum atomic E-state index is 0.0128. The predicted octanol–water partition coefficient (Wildman–Crippen LogP) is 5.29. The normalized spacial score (nSPS) is 10.9. The molecule has 0 aliphatic heterocycles. The molecule has 0 saturated carbocycles. The number of benzene rings is 3. The Hall–Kier alpha value is -4.39. The Morgan fingerprint density at radius 2 is 1.48 bits per heavy atom. The number of nitrogens with one attached hydrogen (secondary N) is 1. The summed E-state index contributed by atoms with van der Waals surface area (Å²) in [5, 5.41) is 14.5. The number of methoxy groups -OCH3 is 2. The van der Waals surface area contributed by atoms with Gasteiger partial charge in [-0.25, -0.2) is 15.4 Å². The molecule has 0 unspecified atom stereocenters. The summed E-state index contributed by atoms with van der Waals surface area (Å²) >= 11 is 0. The lowest BCUT2D eigenvalue weighted by atomic mass is 10.1. The molecular formula is C26H24N4O3. The van der Waals surface area contributed by atoms with Crippen LogP contribution in [0.25, 0.3) is 22.5 Å². The van der Waals surface area contributed by atoms with Crippen LogP contribution in [-0.2, 0) is 0 Å². The Morgan fingerprint density at radius 1 is 0.848 bits per heavy atom. The van der Waals surface area contributed by atoms with E-state index in [2.05, 4.69) is 20.5 Å². The molecule has 7 heteroatoms. The first-order valence-electron chi connectivity index (χ1n) is 10.3. The minimum absolute atomic E-state index is 0.0128. The summed E-state index contributed by atoms with van der Waals surface area (Å²) in [5.41, 5.74) is 7.95. The van der Waals surface area contributed by atoms with Crippen LogP contribution in [0, 0.1) is 6.92 Å². The Kier molecular flexibility index (Phi) is 6.50. The van der Waals surface area contributed by atoms with E-state index in [1.807, 2.05) is 61.5 Å². The van der Waals surface area contributed by atoms with Crippen molar-refractivity contribution >= 4 is 12.2 Å². The predicted molar refractivity (Wildman–Crippen MR) is 130 cm³/mol. The Morgan fingerprint density at radius 3 is 2.09 bits per heavy atom. The summed E-state index contributed by atoms with van der Waals surface area (Å²) in [5.74, 6) is 1.49. The van der Waals surface area contributed by atoms with Crippen LogP contribution in [0.4, 0.5) is 5.95 Å². The highest BCUT2D eigenvalue weighted by atomic mass is 16.5. The maximum Gasteiger partial charge on any atom is 0.244 e. The van der Waals surface area contributed by atoms with Gasteiger partial charge in [-0.1, -0.05) is 35.9 Å². The molecule has 1 aromatic heterocycles. The van der Waals surface area contributed by atoms with Gasteiger partial charge < -0.3 is 14.6 Å². The molecule has 0 aliphatic carbocycles. The maximum atomic E-state index is 10.3. The van der Waals surface area contributed by atoms with Crippen molar-refractivity contribution in [1.82, 2.24) is 9.97 Å². The molecular weight excluding hydrogens is 416 g/mol. The number of aromatic nitrogens is 2. The fraction of sp³-hybridized carbons (Fsp3) is 0.115. The van der Waals surface area contributed by atoms with E-state index in [1.165, 1.54) is 18.9 Å². The molecule has 0 spiro atoms. The highest BCUT2D eigenvalue weighted by Crippen LogP contribution is 2.29. The molecule has 4 rings (SSSR count). The minimum Gasteiger partial charge on any atom is -0.504 e. The lowest BCUT2D eigenvalue weighted by Gasteiger charge is -2.09. The number of para-hydroxylation sites is 1. The Balaban J connectivity index is 1.69. The van der Waals surface area contributed by atoms with E-state index in [1.54, 1.807) is 25.3 Å². The fourth-order valence-corrected chi connectivity index (χ4v) is 3.25. The zero-order chi connectivity index (χ0) is 23.2. The van der Waals surface area contributed by atoms with Crippen molar-refractivity contribution in [3.8, 4) is 39.8 Å². The van der Waals surface area contributed by atoms with Crippen molar-refractivity contribution in [2.75, 3.05) is 19.6 Å². The molecule has 0 amide bonds. The number of ether oxygens (including phenoxy) is 2. The largest absolute Gasteiger partial charge is 0.504 e. The zero-order valence-electron chi connectivity index (χ0n) is 18.6. The van der Waals surface area contributed by atoms with Crippen molar-refractivity contribution in [3.63, 3.8) is 0 Å². The fourth-order valence-electron chi connectivity index (χ4n) is 3.25. The number of hydrogen-bond donors (Lipinski definition) is 2.